The Bertz CT molecular complexity index is 1300. The Morgan fingerprint density at radius 1 is 0.921 bits per heavy atom. The average molecular weight is 581 g/mol. The van der Waals surface area contributed by atoms with Gasteiger partial charge in [0, 0.05) is 78.9 Å². The summed E-state index contributed by atoms with van der Waals surface area (Å²) < 4.78 is 15.6. The van der Waals surface area contributed by atoms with Crippen LogP contribution in [0.4, 0.5) is 0 Å². The molecule has 210 valence electrons. The minimum Gasteiger partial charge on any atom is -0.494 e. The highest BCUT2D eigenvalue weighted by atomic mass is 32.2. The molecule has 2 aliphatic rings. The van der Waals surface area contributed by atoms with Gasteiger partial charge in [-0.25, -0.2) is 0 Å². The van der Waals surface area contributed by atoms with Crippen LogP contribution in [0.3, 0.4) is 0 Å². The van der Waals surface area contributed by atoms with Crippen LogP contribution < -0.4 is 11.1 Å². The third-order valence-corrected chi connectivity index (χ3v) is 11.3. The lowest BCUT2D eigenvalue weighted by Gasteiger charge is -2.29. The number of unbranched alkanes of at least 4 members (excludes halogenated alkanes) is 2. The van der Waals surface area contributed by atoms with Gasteiger partial charge in [-0.05, 0) is 58.3 Å². The van der Waals surface area contributed by atoms with Crippen LogP contribution in [0.25, 0.3) is 0 Å². The molecule has 4 rings (SSSR count). The molecule has 38 heavy (non-hydrogen) atoms. The van der Waals surface area contributed by atoms with Crippen molar-refractivity contribution in [2.45, 2.75) is 94.0 Å². The second-order valence-electron chi connectivity index (χ2n) is 11.2. The van der Waals surface area contributed by atoms with Crippen molar-refractivity contribution in [1.82, 2.24) is 9.13 Å². The predicted octanol–water partition coefficient (Wildman–Crippen LogP) is 4.88. The molecule has 0 fully saturated rings. The van der Waals surface area contributed by atoms with Crippen LogP contribution in [-0.2, 0) is 35.7 Å². The molecule has 2 unspecified atom stereocenters. The van der Waals surface area contributed by atoms with E-state index in [0.29, 0.717) is 18.1 Å². The number of pyridine rings is 2. The maximum Gasteiger partial charge on any atom is 0.254 e. The van der Waals surface area contributed by atoms with E-state index >= 15 is 0 Å². The highest BCUT2D eigenvalue weighted by Gasteiger charge is 2.28. The molecule has 0 aliphatic carbocycles. The van der Waals surface area contributed by atoms with E-state index in [1.807, 2.05) is 13.8 Å². The maximum absolute atomic E-state index is 12.7. The van der Waals surface area contributed by atoms with Gasteiger partial charge in [0.1, 0.15) is 0 Å². The predicted molar refractivity (Wildman–Crippen MR) is 158 cm³/mol. The highest BCUT2D eigenvalue weighted by Crippen LogP contribution is 2.38. The van der Waals surface area contributed by atoms with Crippen LogP contribution >= 0.6 is 23.5 Å². The molecule has 0 aromatic carbocycles. The number of thioether (sulfide) groups is 2. The molecule has 2 aromatic heterocycles. The molecule has 4 heterocycles. The van der Waals surface area contributed by atoms with E-state index in [9.17, 15) is 24.0 Å². The number of aromatic hydroxyl groups is 2. The van der Waals surface area contributed by atoms with Crippen molar-refractivity contribution in [3.63, 3.8) is 0 Å². The summed E-state index contributed by atoms with van der Waals surface area (Å²) in [5.41, 5.74) is 0.981. The molecule has 0 amide bonds. The fraction of sp³-hybridized carbons (Fsp3) is 0.643. The van der Waals surface area contributed by atoms with Gasteiger partial charge in [-0.2, -0.15) is 0 Å². The summed E-state index contributed by atoms with van der Waals surface area (Å²) in [5, 5.41) is 21.3. The van der Waals surface area contributed by atoms with Crippen LogP contribution in [0.2, 0.25) is 0 Å². The standard InChI is InChI=1S/C28H40N2O5S3/c1-19(18-29-24(31)16-22-20(26(29)33)9-12-36-22)8-4-6-14-38(35)15-7-5-11-28(2,3)30-25(32)17-23-21(27(30)34)10-13-37-23/h16-17,19,33-34H,4-15,18H2,1-3H3. The Kier molecular flexibility index (Phi) is 9.79. The fourth-order valence-electron chi connectivity index (χ4n) is 5.48. The summed E-state index contributed by atoms with van der Waals surface area (Å²) >= 11 is 3.25. The molecular weight excluding hydrogens is 541 g/mol. The molecule has 0 spiro atoms. The first-order chi connectivity index (χ1) is 18.1. The zero-order valence-electron chi connectivity index (χ0n) is 22.7. The van der Waals surface area contributed by atoms with Crippen molar-refractivity contribution in [3.8, 4) is 11.8 Å². The highest BCUT2D eigenvalue weighted by molar-refractivity contribution is 7.99. The lowest BCUT2D eigenvalue weighted by molar-refractivity contribution is 0.263. The van der Waals surface area contributed by atoms with Gasteiger partial charge in [0.25, 0.3) is 11.1 Å². The molecule has 2 N–H and O–H groups in total. The first-order valence-electron chi connectivity index (χ1n) is 13.6. The van der Waals surface area contributed by atoms with Crippen molar-refractivity contribution in [2.75, 3.05) is 23.0 Å². The molecule has 0 saturated heterocycles. The zero-order chi connectivity index (χ0) is 27.4. The largest absolute Gasteiger partial charge is 0.494 e. The monoisotopic (exact) mass is 580 g/mol. The van der Waals surface area contributed by atoms with E-state index in [2.05, 4.69) is 6.92 Å². The van der Waals surface area contributed by atoms with Crippen LogP contribution in [0.15, 0.2) is 31.5 Å². The van der Waals surface area contributed by atoms with E-state index in [0.717, 1.165) is 83.8 Å². The van der Waals surface area contributed by atoms with Crippen LogP contribution in [0, 0.1) is 5.92 Å². The van der Waals surface area contributed by atoms with Crippen LogP contribution in [0.1, 0.15) is 70.4 Å². The topological polar surface area (TPSA) is 102 Å². The maximum atomic E-state index is 12.7. The minimum atomic E-state index is -0.880. The van der Waals surface area contributed by atoms with Gasteiger partial charge >= 0.3 is 0 Å². The molecule has 10 heteroatoms. The van der Waals surface area contributed by atoms with Gasteiger partial charge in [0.2, 0.25) is 0 Å². The summed E-state index contributed by atoms with van der Waals surface area (Å²) in [6.07, 6.45) is 6.71. The molecule has 7 nitrogen and oxygen atoms in total. The molecular formula is C28H40N2O5S3. The molecule has 0 saturated carbocycles. The number of hydrogen-bond donors (Lipinski definition) is 2. The van der Waals surface area contributed by atoms with Gasteiger partial charge in [-0.15, -0.1) is 23.5 Å². The summed E-state index contributed by atoms with van der Waals surface area (Å²) in [7, 11) is -0.880. The molecule has 2 atom stereocenters. The molecule has 2 aromatic rings. The van der Waals surface area contributed by atoms with Gasteiger partial charge < -0.3 is 10.2 Å². The minimum absolute atomic E-state index is 0.107. The summed E-state index contributed by atoms with van der Waals surface area (Å²) in [6.45, 7) is 6.56. The van der Waals surface area contributed by atoms with Crippen molar-refractivity contribution >= 4 is 34.3 Å². The number of fused-ring (bicyclic) bond motifs is 2. The Morgan fingerprint density at radius 2 is 1.50 bits per heavy atom. The number of hydrogen-bond acceptors (Lipinski definition) is 7. The van der Waals surface area contributed by atoms with Crippen molar-refractivity contribution in [1.29, 1.82) is 0 Å². The van der Waals surface area contributed by atoms with E-state index in [1.165, 1.54) is 9.13 Å². The van der Waals surface area contributed by atoms with Gasteiger partial charge in [-0.3, -0.25) is 22.9 Å². The Morgan fingerprint density at radius 3 is 2.16 bits per heavy atom. The Labute approximate surface area is 235 Å². The second kappa shape index (κ2) is 12.7. The number of nitrogens with zero attached hydrogens (tertiary/aromatic N) is 2. The molecule has 0 bridgehead atoms. The van der Waals surface area contributed by atoms with Crippen molar-refractivity contribution < 1.29 is 14.4 Å². The normalized spacial score (nSPS) is 16.4. The van der Waals surface area contributed by atoms with E-state index < -0.39 is 16.3 Å². The van der Waals surface area contributed by atoms with E-state index in [4.69, 9.17) is 0 Å². The zero-order valence-corrected chi connectivity index (χ0v) is 25.1. The summed E-state index contributed by atoms with van der Waals surface area (Å²) in [5.74, 6) is 3.60. The van der Waals surface area contributed by atoms with Crippen LogP contribution in [-0.4, -0.2) is 46.6 Å². The van der Waals surface area contributed by atoms with Crippen molar-refractivity contribution in [2.24, 2.45) is 5.92 Å². The third-order valence-electron chi connectivity index (χ3n) is 7.65. The van der Waals surface area contributed by atoms with E-state index in [-0.39, 0.29) is 28.8 Å². The van der Waals surface area contributed by atoms with E-state index in [1.54, 1.807) is 35.7 Å². The Hall–Kier alpha value is -1.65. The van der Waals surface area contributed by atoms with Crippen molar-refractivity contribution in [3.05, 3.63) is 44.0 Å². The third kappa shape index (κ3) is 6.73. The smallest absolute Gasteiger partial charge is 0.254 e. The summed E-state index contributed by atoms with van der Waals surface area (Å²) in [6, 6.07) is 3.30. The lowest BCUT2D eigenvalue weighted by atomic mass is 9.96. The first kappa shape index (κ1) is 29.3. The Balaban J connectivity index is 1.15. The van der Waals surface area contributed by atoms with Gasteiger partial charge in [0.15, 0.2) is 11.8 Å². The molecule has 0 radical (unpaired) electrons. The molecule has 2 aliphatic heterocycles. The fourth-order valence-corrected chi connectivity index (χ4v) is 8.89. The van der Waals surface area contributed by atoms with Crippen LogP contribution in [0.5, 0.6) is 11.8 Å². The second-order valence-corrected chi connectivity index (χ2v) is 15.1. The van der Waals surface area contributed by atoms with Gasteiger partial charge in [-0.1, -0.05) is 19.8 Å². The quantitative estimate of drug-likeness (QED) is 0.326. The summed E-state index contributed by atoms with van der Waals surface area (Å²) in [4.78, 5) is 26.9. The number of aromatic nitrogens is 2. The average Bonchev–Trinajstić information content (AvgIpc) is 3.52. The lowest BCUT2D eigenvalue weighted by Crippen LogP contribution is -2.36. The first-order valence-corrected chi connectivity index (χ1v) is 17.1. The van der Waals surface area contributed by atoms with Gasteiger partial charge in [0.05, 0.1) is 0 Å². The number of rotatable bonds is 13. The SMILES string of the molecule is CC(CCCCS(=O)CCCCC(C)(C)n1c(O)c2c(cc1=O)SCC2)Cn1c(O)c2c(cc1=O)SCC2.